The molecule has 0 unspecified atom stereocenters. The van der Waals surface area contributed by atoms with E-state index in [1.54, 1.807) is 0 Å². The molecule has 0 aromatic heterocycles. The Morgan fingerprint density at radius 2 is 1.88 bits per heavy atom. The summed E-state index contributed by atoms with van der Waals surface area (Å²) < 4.78 is 2.39. The first-order chi connectivity index (χ1) is 7.17. The van der Waals surface area contributed by atoms with Crippen molar-refractivity contribution in [3.8, 4) is 0 Å². The molecule has 0 aliphatic heterocycles. The van der Waals surface area contributed by atoms with Crippen LogP contribution in [-0.2, 0) is 17.3 Å². The maximum atomic E-state index is 6.80. The van der Waals surface area contributed by atoms with Gasteiger partial charge in [0.25, 0.3) is 0 Å². The van der Waals surface area contributed by atoms with Crippen molar-refractivity contribution < 1.29 is 17.3 Å². The van der Waals surface area contributed by atoms with Crippen molar-refractivity contribution in [2.45, 2.75) is 45.8 Å². The average molecular weight is 358 g/mol. The Balaban J connectivity index is 3.07. The van der Waals surface area contributed by atoms with E-state index in [-0.39, 0.29) is 5.54 Å². The molecule has 1 nitrogen and oxygen atoms in total. The minimum atomic E-state index is -3.11. The summed E-state index contributed by atoms with van der Waals surface area (Å²) in [5, 5.41) is 0. The van der Waals surface area contributed by atoms with Gasteiger partial charge in [-0.3, -0.25) is 0 Å². The molecule has 92 valence electrons. The van der Waals surface area contributed by atoms with Gasteiger partial charge in [0.2, 0.25) is 0 Å². The molecule has 0 spiro atoms. The van der Waals surface area contributed by atoms with Gasteiger partial charge < -0.3 is 0 Å². The monoisotopic (exact) mass is 355 g/mol. The number of hydrogen-bond acceptors (Lipinski definition) is 1. The van der Waals surface area contributed by atoms with Crippen LogP contribution in [0.25, 0.3) is 0 Å². The van der Waals surface area contributed by atoms with Crippen molar-refractivity contribution in [1.82, 2.24) is 2.84 Å². The first kappa shape index (κ1) is 15.0. The summed E-state index contributed by atoms with van der Waals surface area (Å²) in [7, 11) is 13.6. The van der Waals surface area contributed by atoms with Crippen LogP contribution < -0.4 is 0 Å². The molecule has 0 fully saturated rings. The third-order valence-electron chi connectivity index (χ3n) is 2.70. The number of halogens is 2. The van der Waals surface area contributed by atoms with E-state index in [9.17, 15) is 0 Å². The molecule has 0 N–H and O–H groups in total. The van der Waals surface area contributed by atoms with Gasteiger partial charge in [-0.1, -0.05) is 0 Å². The average Bonchev–Trinajstić information content (AvgIpc) is 2.53. The number of nitrogens with zero attached hydrogens (tertiary/aromatic N) is 1. The molecule has 0 radical (unpaired) electrons. The summed E-state index contributed by atoms with van der Waals surface area (Å²) in [6, 6.07) is 0. The van der Waals surface area contributed by atoms with Crippen molar-refractivity contribution in [1.29, 1.82) is 0 Å². The van der Waals surface area contributed by atoms with Crippen LogP contribution in [0.4, 0.5) is 0 Å². The summed E-state index contributed by atoms with van der Waals surface area (Å²) in [5.74, 6) is -0.995. The van der Waals surface area contributed by atoms with Gasteiger partial charge in [-0.2, -0.15) is 0 Å². The quantitative estimate of drug-likeness (QED) is 0.681. The van der Waals surface area contributed by atoms with E-state index in [4.69, 9.17) is 17.0 Å². The van der Waals surface area contributed by atoms with Crippen LogP contribution in [0.1, 0.15) is 27.2 Å². The van der Waals surface area contributed by atoms with Crippen molar-refractivity contribution >= 4 is 22.9 Å². The van der Waals surface area contributed by atoms with Crippen molar-refractivity contribution in [3.63, 3.8) is 0 Å². The number of hydrogen-bond donors (Lipinski definition) is 0. The molecule has 1 rings (SSSR count). The summed E-state index contributed by atoms with van der Waals surface area (Å²) in [6.45, 7) is 11.2. The van der Waals surface area contributed by atoms with Crippen LogP contribution in [0, 0.1) is 0 Å². The molecule has 0 atom stereocenters. The summed E-state index contributed by atoms with van der Waals surface area (Å²) in [5.41, 5.74) is 1.35. The predicted octanol–water partition coefficient (Wildman–Crippen LogP) is 4.29. The van der Waals surface area contributed by atoms with Gasteiger partial charge in [0.1, 0.15) is 0 Å². The molecule has 0 aromatic carbocycles. The fraction of sp³-hybridized carbons (Fsp3) is 0.636. The Kier molecular flexibility index (Phi) is 4.98. The molecule has 0 heterocycles. The molecule has 1 aliphatic carbocycles. The summed E-state index contributed by atoms with van der Waals surface area (Å²) in [6.07, 6.45) is 7.42. The molecule has 5 heteroatoms. The number of rotatable bonds is 3. The first-order valence-corrected chi connectivity index (χ1v) is 20.3. The van der Waals surface area contributed by atoms with Gasteiger partial charge in [0, 0.05) is 0 Å². The zero-order chi connectivity index (χ0) is 12.6. The summed E-state index contributed by atoms with van der Waals surface area (Å²) >= 11 is -3.11. The second-order valence-electron chi connectivity index (χ2n) is 5.54. The van der Waals surface area contributed by atoms with Gasteiger partial charge in [-0.15, -0.1) is 0 Å². The zero-order valence-corrected chi connectivity index (χ0v) is 15.8. The topological polar surface area (TPSA) is 3.24 Å². The van der Waals surface area contributed by atoms with Crippen LogP contribution >= 0.6 is 17.0 Å². The second-order valence-corrected chi connectivity index (χ2v) is 37.6. The third kappa shape index (κ3) is 3.25. The summed E-state index contributed by atoms with van der Waals surface area (Å²) in [4.78, 5) is 0. The van der Waals surface area contributed by atoms with Crippen LogP contribution in [-0.4, -0.2) is 14.3 Å². The van der Waals surface area contributed by atoms with E-state index in [2.05, 4.69) is 54.9 Å². The van der Waals surface area contributed by atoms with Crippen LogP contribution in [0.15, 0.2) is 23.9 Å². The normalized spacial score (nSPS) is 16.9. The predicted molar refractivity (Wildman–Crippen MR) is 74.0 cm³/mol. The third-order valence-corrected chi connectivity index (χ3v) is 37.2. The Morgan fingerprint density at radius 3 is 2.19 bits per heavy atom. The Morgan fingerprint density at radius 1 is 1.31 bits per heavy atom. The molecule has 0 aromatic rings. The van der Waals surface area contributed by atoms with Crippen molar-refractivity contribution in [2.24, 2.45) is 0 Å². The first-order valence-electron chi connectivity index (χ1n) is 5.71. The molecule has 0 saturated carbocycles. The Labute approximate surface area is 112 Å². The standard InChI is InChI=1S/C9H14N.C2H7Si.2ClH.Zr/c1-9(2,3)10-8-6-4-5-7-8;1-3-2;;;/h4-6H,7H2,1-3H3;3H,1-2H3;2*1H;/q-1;;;;+3/p-2. The molecule has 0 saturated heterocycles. The van der Waals surface area contributed by atoms with E-state index >= 15 is 0 Å². The molecule has 0 amide bonds. The van der Waals surface area contributed by atoms with Gasteiger partial charge >= 0.3 is 113 Å². The Hall–Kier alpha value is 0.960. The van der Waals surface area contributed by atoms with Crippen LogP contribution in [0.5, 0.6) is 0 Å². The maximum absolute atomic E-state index is 6.80. The molecule has 1 aliphatic rings. The van der Waals surface area contributed by atoms with Gasteiger partial charge in [0.15, 0.2) is 0 Å². The fourth-order valence-electron chi connectivity index (χ4n) is 1.93. The Bertz CT molecular complexity index is 318. The van der Waals surface area contributed by atoms with Crippen LogP contribution in [0.3, 0.4) is 0 Å². The van der Waals surface area contributed by atoms with Crippen molar-refractivity contribution in [3.05, 3.63) is 23.9 Å². The second kappa shape index (κ2) is 5.30. The van der Waals surface area contributed by atoms with Gasteiger partial charge in [-0.05, 0) is 0 Å². The van der Waals surface area contributed by atoms with E-state index in [0.717, 1.165) is 6.42 Å². The number of allylic oxidation sites excluding steroid dienone is 3. The molecular formula is C11H21Cl2NSiZr. The van der Waals surface area contributed by atoms with Gasteiger partial charge in [0.05, 0.1) is 0 Å². The van der Waals surface area contributed by atoms with Gasteiger partial charge in [-0.25, -0.2) is 0 Å². The van der Waals surface area contributed by atoms with E-state index in [0.29, 0.717) is 0 Å². The van der Waals surface area contributed by atoms with E-state index < -0.39 is 23.3 Å². The van der Waals surface area contributed by atoms with E-state index in [1.807, 2.05) is 0 Å². The molecular weight excluding hydrogens is 336 g/mol. The zero-order valence-electron chi connectivity index (χ0n) is 10.7. The minimum absolute atomic E-state index is 0.0364. The SMILES string of the molecule is C[SiH](C)[Zr]([Cl])([Cl])[N](C1=CC=CC1)C(C)(C)C. The van der Waals surface area contributed by atoms with Crippen LogP contribution in [0.2, 0.25) is 13.1 Å². The fourth-order valence-corrected chi connectivity index (χ4v) is 17.4. The molecule has 16 heavy (non-hydrogen) atoms. The van der Waals surface area contributed by atoms with E-state index in [1.165, 1.54) is 5.70 Å². The molecule has 0 bridgehead atoms. The van der Waals surface area contributed by atoms with Crippen molar-refractivity contribution in [2.75, 3.05) is 0 Å².